The van der Waals surface area contributed by atoms with Crippen LogP contribution in [0.25, 0.3) is 10.9 Å². The van der Waals surface area contributed by atoms with Gasteiger partial charge in [-0.2, -0.15) is 0 Å². The molecule has 0 aliphatic heterocycles. The lowest BCUT2D eigenvalue weighted by atomic mass is 9.91. The molecule has 2 aromatic carbocycles. The average Bonchev–Trinajstić information content (AvgIpc) is 3.09. The van der Waals surface area contributed by atoms with Crippen molar-refractivity contribution in [3.8, 4) is 0 Å². The fourth-order valence-electron chi connectivity index (χ4n) is 4.77. The zero-order valence-corrected chi connectivity index (χ0v) is 19.2. The van der Waals surface area contributed by atoms with Crippen molar-refractivity contribution in [1.82, 2.24) is 15.2 Å². The van der Waals surface area contributed by atoms with Crippen molar-refractivity contribution in [3.63, 3.8) is 0 Å². The third-order valence-electron chi connectivity index (χ3n) is 6.27. The molecular weight excluding hydrogens is 445 g/mol. The number of carbonyl (C=O) groups excluding carboxylic acids is 1. The van der Waals surface area contributed by atoms with Crippen molar-refractivity contribution in [2.24, 2.45) is 0 Å². The van der Waals surface area contributed by atoms with E-state index in [9.17, 15) is 19.1 Å². The molecule has 1 aromatic heterocycles. The minimum absolute atomic E-state index is 0.139. The van der Waals surface area contributed by atoms with Crippen molar-refractivity contribution in [2.45, 2.75) is 51.1 Å². The number of fused-ring (bicyclic) bond motifs is 3. The second-order valence-corrected chi connectivity index (χ2v) is 8.82. The maximum Gasteiger partial charge on any atom is 0.326 e. The molecule has 174 valence electrons. The Kier molecular flexibility index (Phi) is 6.88. The van der Waals surface area contributed by atoms with Crippen LogP contribution in [0, 0.1) is 5.82 Å². The first-order valence-electron chi connectivity index (χ1n) is 11.2. The van der Waals surface area contributed by atoms with Crippen LogP contribution < -0.4 is 10.6 Å². The molecule has 2 amide bonds. The van der Waals surface area contributed by atoms with Crippen molar-refractivity contribution >= 4 is 34.5 Å². The number of nitrogens with zero attached hydrogens (tertiary/aromatic N) is 1. The zero-order valence-electron chi connectivity index (χ0n) is 18.4. The lowest BCUT2D eigenvalue weighted by Gasteiger charge is -2.26. The monoisotopic (exact) mass is 471 g/mol. The lowest BCUT2D eigenvalue weighted by Crippen LogP contribution is -2.45. The lowest BCUT2D eigenvalue weighted by molar-refractivity contribution is -0.140. The molecule has 0 radical (unpaired) electrons. The molecular formula is C25H27ClFN3O3. The van der Waals surface area contributed by atoms with Gasteiger partial charge in [-0.1, -0.05) is 48.9 Å². The van der Waals surface area contributed by atoms with E-state index < -0.39 is 17.8 Å². The molecule has 3 aromatic rings. The average molecular weight is 472 g/mol. The Morgan fingerprint density at radius 2 is 2.03 bits per heavy atom. The first-order chi connectivity index (χ1) is 15.9. The highest BCUT2D eigenvalue weighted by Crippen LogP contribution is 2.39. The van der Waals surface area contributed by atoms with Crippen LogP contribution in [0.15, 0.2) is 42.5 Å². The summed E-state index contributed by atoms with van der Waals surface area (Å²) in [5, 5.41) is 16.5. The molecule has 0 spiro atoms. The van der Waals surface area contributed by atoms with Gasteiger partial charge in [0.05, 0.1) is 10.5 Å². The van der Waals surface area contributed by atoms with Crippen LogP contribution in [0.4, 0.5) is 9.18 Å². The van der Waals surface area contributed by atoms with E-state index in [1.54, 1.807) is 11.5 Å². The van der Waals surface area contributed by atoms with Crippen molar-refractivity contribution in [3.05, 3.63) is 70.1 Å². The first kappa shape index (κ1) is 23.1. The van der Waals surface area contributed by atoms with Gasteiger partial charge in [-0.05, 0) is 55.4 Å². The van der Waals surface area contributed by atoms with Crippen molar-refractivity contribution < 1.29 is 19.1 Å². The number of halogens is 2. The van der Waals surface area contributed by atoms with E-state index in [1.807, 2.05) is 30.3 Å². The van der Waals surface area contributed by atoms with Crippen LogP contribution in [0.2, 0.25) is 5.02 Å². The number of aromatic nitrogens is 1. The Labute approximate surface area is 196 Å². The van der Waals surface area contributed by atoms with Gasteiger partial charge in [0.25, 0.3) is 0 Å². The molecule has 33 heavy (non-hydrogen) atoms. The molecule has 3 N–H and O–H groups in total. The number of carboxylic acids is 1. The summed E-state index contributed by atoms with van der Waals surface area (Å²) in [5.41, 5.74) is 3.40. The van der Waals surface area contributed by atoms with Gasteiger partial charge in [0.2, 0.25) is 0 Å². The number of rotatable bonds is 7. The number of nitrogens with one attached hydrogen (secondary N) is 2. The molecule has 0 fully saturated rings. The first-order valence-corrected chi connectivity index (χ1v) is 11.6. The van der Waals surface area contributed by atoms with Crippen LogP contribution in [0.3, 0.4) is 0 Å². The van der Waals surface area contributed by atoms with Crippen LogP contribution in [-0.4, -0.2) is 34.3 Å². The summed E-state index contributed by atoms with van der Waals surface area (Å²) in [6.45, 7) is 2.33. The Morgan fingerprint density at radius 3 is 2.73 bits per heavy atom. The van der Waals surface area contributed by atoms with Crippen LogP contribution in [0.5, 0.6) is 0 Å². The van der Waals surface area contributed by atoms with Gasteiger partial charge < -0.3 is 20.3 Å². The number of carbonyl (C=O) groups is 2. The zero-order chi connectivity index (χ0) is 23.5. The van der Waals surface area contributed by atoms with Crippen LogP contribution >= 0.6 is 11.6 Å². The van der Waals surface area contributed by atoms with Gasteiger partial charge in [0, 0.05) is 23.7 Å². The standard InChI is InChI=1S/C25H27ClFN3O3/c1-2-21(24(31)32)30-22-9-8-17(14-18(22)19-12-16(27)13-20(26)23(19)30)29-25(33)28-11-10-15-6-4-3-5-7-15/h3-7,12-13,17,21H,2,8-11,14H2,1H3,(H,31,32)(H2,28,29,33). The summed E-state index contributed by atoms with van der Waals surface area (Å²) in [6.07, 6.45) is 2.83. The van der Waals surface area contributed by atoms with Crippen LogP contribution in [0.1, 0.15) is 42.6 Å². The number of urea groups is 1. The summed E-state index contributed by atoms with van der Waals surface area (Å²) in [7, 11) is 0. The number of amides is 2. The number of carboxylic acid groups (broad SMARTS) is 1. The predicted octanol–water partition coefficient (Wildman–Crippen LogP) is 4.87. The quantitative estimate of drug-likeness (QED) is 0.459. The number of aliphatic carboxylic acids is 1. The smallest absolute Gasteiger partial charge is 0.326 e. The third kappa shape index (κ3) is 4.83. The largest absolute Gasteiger partial charge is 0.480 e. The number of hydrogen-bond donors (Lipinski definition) is 3. The van der Waals surface area contributed by atoms with E-state index in [-0.39, 0.29) is 17.1 Å². The van der Waals surface area contributed by atoms with E-state index in [0.29, 0.717) is 43.1 Å². The van der Waals surface area contributed by atoms with Gasteiger partial charge in [-0.25, -0.2) is 14.0 Å². The summed E-state index contributed by atoms with van der Waals surface area (Å²) in [5.74, 6) is -1.42. The van der Waals surface area contributed by atoms with Crippen molar-refractivity contribution in [2.75, 3.05) is 6.54 Å². The minimum Gasteiger partial charge on any atom is -0.480 e. The molecule has 6 nitrogen and oxygen atoms in total. The van der Waals surface area contributed by atoms with Gasteiger partial charge in [0.15, 0.2) is 0 Å². The van der Waals surface area contributed by atoms with Gasteiger partial charge in [0.1, 0.15) is 11.9 Å². The summed E-state index contributed by atoms with van der Waals surface area (Å²) in [6, 6.07) is 11.4. The normalized spacial score (nSPS) is 16.3. The second-order valence-electron chi connectivity index (χ2n) is 8.42. The highest BCUT2D eigenvalue weighted by atomic mass is 35.5. The molecule has 2 atom stereocenters. The molecule has 2 unspecified atom stereocenters. The van der Waals surface area contributed by atoms with Gasteiger partial charge in [-0.15, -0.1) is 0 Å². The predicted molar refractivity (Wildman–Crippen MR) is 126 cm³/mol. The molecule has 1 aliphatic carbocycles. The summed E-state index contributed by atoms with van der Waals surface area (Å²) >= 11 is 6.39. The molecule has 8 heteroatoms. The highest BCUT2D eigenvalue weighted by Gasteiger charge is 2.32. The summed E-state index contributed by atoms with van der Waals surface area (Å²) in [4.78, 5) is 24.4. The Balaban J connectivity index is 1.53. The minimum atomic E-state index is -0.948. The van der Waals surface area contributed by atoms with E-state index in [0.717, 1.165) is 23.2 Å². The highest BCUT2D eigenvalue weighted by molar-refractivity contribution is 6.35. The summed E-state index contributed by atoms with van der Waals surface area (Å²) < 4.78 is 16.0. The SMILES string of the molecule is CCC(C(=O)O)n1c2c(c3cc(F)cc(Cl)c31)CC(NC(=O)NCCc1ccccc1)CC2. The van der Waals surface area contributed by atoms with Crippen molar-refractivity contribution in [1.29, 1.82) is 0 Å². The van der Waals surface area contributed by atoms with E-state index >= 15 is 0 Å². The maximum absolute atomic E-state index is 14.2. The Morgan fingerprint density at radius 1 is 1.27 bits per heavy atom. The number of benzene rings is 2. The van der Waals surface area contributed by atoms with E-state index in [2.05, 4.69) is 10.6 Å². The second kappa shape index (κ2) is 9.83. The van der Waals surface area contributed by atoms with E-state index in [1.165, 1.54) is 12.1 Å². The molecule has 1 aliphatic rings. The Hall–Kier alpha value is -3.06. The fourth-order valence-corrected chi connectivity index (χ4v) is 5.07. The Bertz CT molecular complexity index is 1180. The molecule has 0 bridgehead atoms. The van der Waals surface area contributed by atoms with Crippen LogP contribution in [-0.2, 0) is 24.1 Å². The number of hydrogen-bond acceptors (Lipinski definition) is 2. The third-order valence-corrected chi connectivity index (χ3v) is 6.56. The van der Waals surface area contributed by atoms with Gasteiger partial charge >= 0.3 is 12.0 Å². The topological polar surface area (TPSA) is 83.4 Å². The van der Waals surface area contributed by atoms with E-state index in [4.69, 9.17) is 11.6 Å². The molecule has 1 heterocycles. The van der Waals surface area contributed by atoms with Gasteiger partial charge in [-0.3, -0.25) is 0 Å². The maximum atomic E-state index is 14.2. The fraction of sp³-hybridized carbons (Fsp3) is 0.360. The molecule has 4 rings (SSSR count). The molecule has 0 saturated heterocycles. The molecule has 0 saturated carbocycles.